The molecule has 0 N–H and O–H groups in total. The molecule has 0 spiro atoms. The molecule has 5 heteroatoms. The molecular formula is C16H28N2O2Si. The average molecular weight is 308 g/mol. The Kier molecular flexibility index (Phi) is 5.04. The number of hydrogen-bond donors (Lipinski definition) is 0. The van der Waals surface area contributed by atoms with E-state index >= 15 is 0 Å². The second kappa shape index (κ2) is 6.44. The van der Waals surface area contributed by atoms with Crippen LogP contribution in [-0.4, -0.2) is 30.0 Å². The van der Waals surface area contributed by atoms with Crippen LogP contribution in [0.2, 0.25) is 25.7 Å². The highest BCUT2D eigenvalue weighted by Crippen LogP contribution is 2.25. The Bertz CT molecular complexity index is 517. The number of carbonyl (C=O) groups excluding carboxylic acids is 1. The van der Waals surface area contributed by atoms with E-state index in [0.717, 1.165) is 42.7 Å². The zero-order chi connectivity index (χ0) is 15.6. The smallest absolute Gasteiger partial charge is 0.181 e. The first-order valence-corrected chi connectivity index (χ1v) is 11.7. The van der Waals surface area contributed by atoms with Crippen LogP contribution in [-0.2, 0) is 17.9 Å². The minimum absolute atomic E-state index is 0.226. The third-order valence-electron chi connectivity index (χ3n) is 4.12. The van der Waals surface area contributed by atoms with E-state index in [2.05, 4.69) is 31.5 Å². The van der Waals surface area contributed by atoms with Gasteiger partial charge in [0.1, 0.15) is 18.2 Å². The topological polar surface area (TPSA) is 44.1 Å². The minimum Gasteiger partial charge on any atom is -0.361 e. The van der Waals surface area contributed by atoms with E-state index in [0.29, 0.717) is 19.1 Å². The van der Waals surface area contributed by atoms with Gasteiger partial charge in [-0.2, -0.15) is 0 Å². The minimum atomic E-state index is -1.07. The summed E-state index contributed by atoms with van der Waals surface area (Å²) in [6.45, 7) is 12.4. The van der Waals surface area contributed by atoms with E-state index < -0.39 is 8.07 Å². The van der Waals surface area contributed by atoms with Gasteiger partial charge in [0.15, 0.2) is 5.78 Å². The molecule has 0 fully saturated rings. The van der Waals surface area contributed by atoms with Gasteiger partial charge in [-0.3, -0.25) is 4.79 Å². The number of ether oxygens (including phenoxy) is 1. The number of Topliss-reactive ketones (excluding diaryl/α,β-unsaturated/α-hetero) is 1. The molecular weight excluding hydrogens is 280 g/mol. The number of aryl methyl sites for hydroxylation is 2. The number of hydrogen-bond acceptors (Lipinski definition) is 3. The predicted molar refractivity (Wildman–Crippen MR) is 87.5 cm³/mol. The number of nitrogens with zero attached hydrogens (tertiary/aromatic N) is 2. The summed E-state index contributed by atoms with van der Waals surface area (Å²) < 4.78 is 7.79. The molecule has 21 heavy (non-hydrogen) atoms. The Morgan fingerprint density at radius 2 is 2.10 bits per heavy atom. The van der Waals surface area contributed by atoms with E-state index in [1.54, 1.807) is 0 Å². The van der Waals surface area contributed by atoms with E-state index in [1.165, 1.54) is 0 Å². The molecule has 1 atom stereocenters. The molecule has 1 heterocycles. The van der Waals surface area contributed by atoms with E-state index in [1.807, 2.05) is 11.5 Å². The van der Waals surface area contributed by atoms with Crippen molar-refractivity contribution >= 4 is 13.9 Å². The van der Waals surface area contributed by atoms with Crippen molar-refractivity contribution < 1.29 is 9.53 Å². The number of ketones is 1. The van der Waals surface area contributed by atoms with Crippen molar-refractivity contribution in [3.8, 4) is 0 Å². The lowest BCUT2D eigenvalue weighted by molar-refractivity contribution is 0.0785. The van der Waals surface area contributed by atoms with Crippen molar-refractivity contribution in [2.75, 3.05) is 6.61 Å². The summed E-state index contributed by atoms with van der Waals surface area (Å²) in [4.78, 5) is 17.0. The zero-order valence-corrected chi connectivity index (χ0v) is 15.0. The fraction of sp³-hybridized carbons (Fsp3) is 0.750. The van der Waals surface area contributed by atoms with Crippen molar-refractivity contribution in [3.05, 3.63) is 17.2 Å². The van der Waals surface area contributed by atoms with Gasteiger partial charge in [0.25, 0.3) is 0 Å². The average Bonchev–Trinajstić information content (AvgIpc) is 2.60. The Hall–Kier alpha value is -0.943. The van der Waals surface area contributed by atoms with Gasteiger partial charge in [-0.25, -0.2) is 4.98 Å². The molecule has 1 aromatic rings. The standard InChI is InChI=1S/C16H28N2O2Si/c1-12-6-7-14-16(15(19)10-12)18(13(2)17-14)11-20-8-9-21(3,4)5/h12H,6-11H2,1-5H3. The van der Waals surface area contributed by atoms with Crippen LogP contribution < -0.4 is 0 Å². The molecule has 118 valence electrons. The molecule has 0 aromatic carbocycles. The summed E-state index contributed by atoms with van der Waals surface area (Å²) in [6.07, 6.45) is 2.59. The normalized spacial score (nSPS) is 19.5. The van der Waals surface area contributed by atoms with Crippen molar-refractivity contribution in [1.29, 1.82) is 0 Å². The lowest BCUT2D eigenvalue weighted by Gasteiger charge is -2.16. The zero-order valence-electron chi connectivity index (χ0n) is 14.0. The van der Waals surface area contributed by atoms with Gasteiger partial charge in [-0.05, 0) is 31.7 Å². The molecule has 1 unspecified atom stereocenters. The van der Waals surface area contributed by atoms with E-state index in [9.17, 15) is 4.79 Å². The molecule has 2 rings (SSSR count). The monoisotopic (exact) mass is 308 g/mol. The molecule has 1 aromatic heterocycles. The summed E-state index contributed by atoms with van der Waals surface area (Å²) >= 11 is 0. The van der Waals surface area contributed by atoms with Gasteiger partial charge in [-0.15, -0.1) is 0 Å². The summed E-state index contributed by atoms with van der Waals surface area (Å²) in [5.41, 5.74) is 1.76. The first-order valence-electron chi connectivity index (χ1n) is 7.95. The number of imidazole rings is 1. The lowest BCUT2D eigenvalue weighted by atomic mass is 10.0. The second-order valence-electron chi connectivity index (χ2n) is 7.50. The molecule has 0 bridgehead atoms. The van der Waals surface area contributed by atoms with Crippen molar-refractivity contribution in [2.45, 2.75) is 65.5 Å². The molecule has 0 saturated heterocycles. The van der Waals surface area contributed by atoms with Crippen LogP contribution in [0.4, 0.5) is 0 Å². The van der Waals surface area contributed by atoms with Gasteiger partial charge < -0.3 is 9.30 Å². The van der Waals surface area contributed by atoms with Crippen molar-refractivity contribution in [3.63, 3.8) is 0 Å². The highest BCUT2D eigenvalue weighted by Gasteiger charge is 2.26. The van der Waals surface area contributed by atoms with Crippen LogP contribution in [0.1, 0.15) is 41.8 Å². The lowest BCUT2D eigenvalue weighted by Crippen LogP contribution is -2.22. The SMILES string of the molecule is Cc1nc2c(n1COCC[Si](C)(C)C)C(=O)CC(C)CC2. The van der Waals surface area contributed by atoms with Gasteiger partial charge in [0, 0.05) is 21.1 Å². The fourth-order valence-electron chi connectivity index (χ4n) is 2.70. The Morgan fingerprint density at radius 3 is 2.76 bits per heavy atom. The highest BCUT2D eigenvalue weighted by molar-refractivity contribution is 6.76. The summed E-state index contributed by atoms with van der Waals surface area (Å²) in [5, 5.41) is 0. The Balaban J connectivity index is 2.07. The Labute approximate surface area is 128 Å². The third-order valence-corrected chi connectivity index (χ3v) is 5.82. The van der Waals surface area contributed by atoms with Crippen LogP contribution in [0.3, 0.4) is 0 Å². The largest absolute Gasteiger partial charge is 0.361 e. The Morgan fingerprint density at radius 1 is 1.38 bits per heavy atom. The maximum Gasteiger partial charge on any atom is 0.181 e. The van der Waals surface area contributed by atoms with Crippen molar-refractivity contribution in [2.24, 2.45) is 5.92 Å². The van der Waals surface area contributed by atoms with Crippen LogP contribution in [0.5, 0.6) is 0 Å². The predicted octanol–water partition coefficient (Wildman–Crippen LogP) is 3.66. The second-order valence-corrected chi connectivity index (χ2v) is 13.1. The molecule has 0 aliphatic heterocycles. The summed E-state index contributed by atoms with van der Waals surface area (Å²) in [6, 6.07) is 1.15. The molecule has 1 aliphatic rings. The first-order chi connectivity index (χ1) is 9.78. The third kappa shape index (κ3) is 4.26. The molecule has 0 saturated carbocycles. The quantitative estimate of drug-likeness (QED) is 0.474. The molecule has 0 amide bonds. The molecule has 1 aliphatic carbocycles. The van der Waals surface area contributed by atoms with Crippen LogP contribution in [0.15, 0.2) is 0 Å². The molecule has 0 radical (unpaired) electrons. The van der Waals surface area contributed by atoms with Crippen LogP contribution in [0, 0.1) is 12.8 Å². The van der Waals surface area contributed by atoms with Crippen molar-refractivity contribution in [1.82, 2.24) is 9.55 Å². The molecule has 4 nitrogen and oxygen atoms in total. The number of carbonyl (C=O) groups is 1. The van der Waals surface area contributed by atoms with Gasteiger partial charge in [0.2, 0.25) is 0 Å². The number of fused-ring (bicyclic) bond motifs is 1. The fourth-order valence-corrected chi connectivity index (χ4v) is 3.46. The van der Waals surface area contributed by atoms with Gasteiger partial charge in [-0.1, -0.05) is 26.6 Å². The number of rotatable bonds is 5. The van der Waals surface area contributed by atoms with E-state index in [-0.39, 0.29) is 5.78 Å². The maximum absolute atomic E-state index is 12.4. The first kappa shape index (κ1) is 16.4. The number of aromatic nitrogens is 2. The summed E-state index contributed by atoms with van der Waals surface area (Å²) in [7, 11) is -1.07. The van der Waals surface area contributed by atoms with E-state index in [4.69, 9.17) is 4.74 Å². The van der Waals surface area contributed by atoms with Gasteiger partial charge in [0.05, 0.1) is 5.69 Å². The van der Waals surface area contributed by atoms with Crippen LogP contribution in [0.25, 0.3) is 0 Å². The van der Waals surface area contributed by atoms with Gasteiger partial charge >= 0.3 is 0 Å². The highest BCUT2D eigenvalue weighted by atomic mass is 28.3. The summed E-state index contributed by atoms with van der Waals surface area (Å²) in [5.74, 6) is 1.58. The van der Waals surface area contributed by atoms with Crippen LogP contribution >= 0.6 is 0 Å². The maximum atomic E-state index is 12.4.